The van der Waals surface area contributed by atoms with Crippen LogP contribution in [0.4, 0.5) is 0 Å². The van der Waals surface area contributed by atoms with Crippen molar-refractivity contribution >= 4 is 11.8 Å². The van der Waals surface area contributed by atoms with Crippen LogP contribution in [0.15, 0.2) is 79.0 Å². The lowest BCUT2D eigenvalue weighted by Crippen LogP contribution is -2.28. The third-order valence-electron chi connectivity index (χ3n) is 4.55. The Kier molecular flexibility index (Phi) is 6.17. The van der Waals surface area contributed by atoms with E-state index < -0.39 is 0 Å². The van der Waals surface area contributed by atoms with Crippen molar-refractivity contribution in [3.63, 3.8) is 0 Å². The molecule has 3 aromatic rings. The number of amides is 2. The molecule has 0 aliphatic heterocycles. The van der Waals surface area contributed by atoms with Crippen molar-refractivity contribution < 1.29 is 9.59 Å². The van der Waals surface area contributed by atoms with Crippen LogP contribution in [-0.4, -0.2) is 16.8 Å². The first-order valence-electron chi connectivity index (χ1n) is 9.22. The normalized spacial score (nSPS) is 12.6. The van der Waals surface area contributed by atoms with Crippen LogP contribution in [0.3, 0.4) is 0 Å². The van der Waals surface area contributed by atoms with E-state index in [2.05, 4.69) is 15.6 Å². The van der Waals surface area contributed by atoms with Gasteiger partial charge < -0.3 is 10.6 Å². The molecule has 0 aliphatic rings. The lowest BCUT2D eigenvalue weighted by atomic mass is 10.1. The number of nitrogens with one attached hydrogen (secondary N) is 2. The molecule has 2 aromatic carbocycles. The van der Waals surface area contributed by atoms with Crippen molar-refractivity contribution in [2.24, 2.45) is 0 Å². The minimum Gasteiger partial charge on any atom is -0.345 e. The Labute approximate surface area is 164 Å². The highest BCUT2D eigenvalue weighted by Gasteiger charge is 2.15. The summed E-state index contributed by atoms with van der Waals surface area (Å²) in [6, 6.07) is 22.4. The number of hydrogen-bond donors (Lipinski definition) is 2. The van der Waals surface area contributed by atoms with E-state index >= 15 is 0 Å². The van der Waals surface area contributed by atoms with Crippen LogP contribution in [0.5, 0.6) is 0 Å². The van der Waals surface area contributed by atoms with Gasteiger partial charge in [-0.1, -0.05) is 60.7 Å². The highest BCUT2D eigenvalue weighted by molar-refractivity contribution is 5.96. The standard InChI is InChI=1S/C23H23N3O2/c1-16(18-9-5-3-6-10-18)25-22(27)20-13-14-21(24-15-20)23(28)26-17(2)19-11-7-4-8-12-19/h3-17H,1-2H3,(H,25,27)(H,26,28). The molecule has 0 radical (unpaired) electrons. The van der Waals surface area contributed by atoms with E-state index in [1.54, 1.807) is 12.1 Å². The Hall–Kier alpha value is -3.47. The summed E-state index contributed by atoms with van der Waals surface area (Å²) in [5.41, 5.74) is 2.72. The molecule has 0 saturated heterocycles. The molecule has 142 valence electrons. The molecule has 3 rings (SSSR count). The molecule has 0 saturated carbocycles. The van der Waals surface area contributed by atoms with Crippen molar-refractivity contribution in [1.82, 2.24) is 15.6 Å². The van der Waals surface area contributed by atoms with E-state index in [1.165, 1.54) is 6.20 Å². The number of rotatable bonds is 6. The fraction of sp³-hybridized carbons (Fsp3) is 0.174. The summed E-state index contributed by atoms with van der Waals surface area (Å²) < 4.78 is 0. The lowest BCUT2D eigenvalue weighted by molar-refractivity contribution is 0.0923. The van der Waals surface area contributed by atoms with Gasteiger partial charge in [0.1, 0.15) is 5.69 Å². The predicted octanol–water partition coefficient (Wildman–Crippen LogP) is 4.06. The Bertz CT molecular complexity index is 847. The Morgan fingerprint density at radius 2 is 1.21 bits per heavy atom. The van der Waals surface area contributed by atoms with Gasteiger partial charge >= 0.3 is 0 Å². The summed E-state index contributed by atoms with van der Waals surface area (Å²) >= 11 is 0. The third-order valence-corrected chi connectivity index (χ3v) is 4.55. The first-order chi connectivity index (χ1) is 13.5. The molecule has 2 amide bonds. The topological polar surface area (TPSA) is 71.1 Å². The second-order valence-electron chi connectivity index (χ2n) is 6.64. The molecule has 5 heteroatoms. The van der Waals surface area contributed by atoms with Crippen molar-refractivity contribution in [1.29, 1.82) is 0 Å². The maximum absolute atomic E-state index is 12.4. The van der Waals surface area contributed by atoms with Crippen LogP contribution in [0.25, 0.3) is 0 Å². The zero-order chi connectivity index (χ0) is 19.9. The number of nitrogens with zero attached hydrogens (tertiary/aromatic N) is 1. The average molecular weight is 373 g/mol. The zero-order valence-corrected chi connectivity index (χ0v) is 15.9. The largest absolute Gasteiger partial charge is 0.345 e. The number of hydrogen-bond acceptors (Lipinski definition) is 3. The van der Waals surface area contributed by atoms with Crippen molar-refractivity contribution in [2.45, 2.75) is 25.9 Å². The summed E-state index contributed by atoms with van der Waals surface area (Å²) in [6.07, 6.45) is 1.43. The fourth-order valence-corrected chi connectivity index (χ4v) is 2.86. The Balaban J connectivity index is 1.61. The van der Waals surface area contributed by atoms with E-state index in [0.717, 1.165) is 11.1 Å². The molecule has 2 N–H and O–H groups in total. The molecule has 5 nitrogen and oxygen atoms in total. The minimum atomic E-state index is -0.277. The highest BCUT2D eigenvalue weighted by atomic mass is 16.2. The smallest absolute Gasteiger partial charge is 0.270 e. The number of carbonyl (C=O) groups is 2. The molecule has 28 heavy (non-hydrogen) atoms. The SMILES string of the molecule is CC(NC(=O)c1ccc(C(=O)NC(C)c2ccccc2)nc1)c1ccccc1. The zero-order valence-electron chi connectivity index (χ0n) is 15.9. The molecule has 0 bridgehead atoms. The maximum atomic E-state index is 12.4. The molecule has 1 heterocycles. The Morgan fingerprint density at radius 3 is 1.68 bits per heavy atom. The van der Waals surface area contributed by atoms with E-state index in [9.17, 15) is 9.59 Å². The molecule has 0 aliphatic carbocycles. The molecule has 1 aromatic heterocycles. The Morgan fingerprint density at radius 1 is 0.714 bits per heavy atom. The van der Waals surface area contributed by atoms with Crippen LogP contribution in [0.1, 0.15) is 57.9 Å². The molecule has 0 spiro atoms. The average Bonchev–Trinajstić information content (AvgIpc) is 2.75. The number of pyridine rings is 1. The summed E-state index contributed by atoms with van der Waals surface area (Å²) in [7, 11) is 0. The third kappa shape index (κ3) is 4.82. The van der Waals surface area contributed by atoms with Gasteiger partial charge in [-0.3, -0.25) is 14.6 Å². The van der Waals surface area contributed by atoms with Gasteiger partial charge in [0.2, 0.25) is 0 Å². The summed E-state index contributed by atoms with van der Waals surface area (Å²) in [6.45, 7) is 3.84. The van der Waals surface area contributed by atoms with Crippen molar-refractivity contribution in [3.8, 4) is 0 Å². The van der Waals surface area contributed by atoms with Crippen LogP contribution in [0.2, 0.25) is 0 Å². The first kappa shape index (κ1) is 19.3. The van der Waals surface area contributed by atoms with Crippen molar-refractivity contribution in [3.05, 3.63) is 101 Å². The van der Waals surface area contributed by atoms with Crippen LogP contribution in [0, 0.1) is 0 Å². The van der Waals surface area contributed by atoms with Crippen LogP contribution in [-0.2, 0) is 0 Å². The van der Waals surface area contributed by atoms with Gasteiger partial charge in [0.25, 0.3) is 11.8 Å². The van der Waals surface area contributed by atoms with E-state index in [0.29, 0.717) is 5.56 Å². The van der Waals surface area contributed by atoms with Gasteiger partial charge in [-0.25, -0.2) is 0 Å². The summed E-state index contributed by atoms with van der Waals surface area (Å²) in [5, 5.41) is 5.85. The number of benzene rings is 2. The minimum absolute atomic E-state index is 0.122. The van der Waals surface area contributed by atoms with Gasteiger partial charge in [0, 0.05) is 6.20 Å². The van der Waals surface area contributed by atoms with Crippen LogP contribution < -0.4 is 10.6 Å². The molecular formula is C23H23N3O2. The number of carbonyl (C=O) groups excluding carboxylic acids is 2. The number of aromatic nitrogens is 1. The monoisotopic (exact) mass is 373 g/mol. The maximum Gasteiger partial charge on any atom is 0.270 e. The van der Waals surface area contributed by atoms with Gasteiger partial charge in [-0.05, 0) is 37.1 Å². The summed E-state index contributed by atoms with van der Waals surface area (Å²) in [5.74, 6) is -0.505. The van der Waals surface area contributed by atoms with E-state index in [4.69, 9.17) is 0 Å². The second kappa shape index (κ2) is 8.95. The van der Waals surface area contributed by atoms with E-state index in [1.807, 2.05) is 74.5 Å². The van der Waals surface area contributed by atoms with Gasteiger partial charge in [-0.2, -0.15) is 0 Å². The second-order valence-corrected chi connectivity index (χ2v) is 6.64. The quantitative estimate of drug-likeness (QED) is 0.684. The summed E-state index contributed by atoms with van der Waals surface area (Å²) in [4.78, 5) is 29.0. The van der Waals surface area contributed by atoms with Crippen LogP contribution >= 0.6 is 0 Å². The van der Waals surface area contributed by atoms with Gasteiger partial charge in [-0.15, -0.1) is 0 Å². The molecule has 2 atom stereocenters. The lowest BCUT2D eigenvalue weighted by Gasteiger charge is -2.15. The molecule has 0 fully saturated rings. The van der Waals surface area contributed by atoms with E-state index in [-0.39, 0.29) is 29.6 Å². The molecule has 2 unspecified atom stereocenters. The van der Waals surface area contributed by atoms with Gasteiger partial charge in [0.15, 0.2) is 0 Å². The fourth-order valence-electron chi connectivity index (χ4n) is 2.86. The van der Waals surface area contributed by atoms with Gasteiger partial charge in [0.05, 0.1) is 17.6 Å². The first-order valence-corrected chi connectivity index (χ1v) is 9.22. The van der Waals surface area contributed by atoms with Crippen molar-refractivity contribution in [2.75, 3.05) is 0 Å². The predicted molar refractivity (Wildman–Crippen MR) is 109 cm³/mol. The molecular weight excluding hydrogens is 350 g/mol. The highest BCUT2D eigenvalue weighted by Crippen LogP contribution is 2.14.